The van der Waals surface area contributed by atoms with Crippen molar-refractivity contribution in [1.82, 2.24) is 10.2 Å². The molecule has 0 aromatic heterocycles. The zero-order valence-electron chi connectivity index (χ0n) is 13.2. The van der Waals surface area contributed by atoms with Crippen molar-refractivity contribution in [1.29, 1.82) is 0 Å². The van der Waals surface area contributed by atoms with Crippen LogP contribution in [0.4, 0.5) is 4.79 Å². The van der Waals surface area contributed by atoms with Gasteiger partial charge in [-0.2, -0.15) is 4.91 Å². The number of nitroso groups, excluding NO2 is 1. The first-order valence-corrected chi connectivity index (χ1v) is 7.53. The van der Waals surface area contributed by atoms with Crippen molar-refractivity contribution >= 4 is 12.0 Å². The monoisotopic (exact) mass is 315 g/mol. The lowest BCUT2D eigenvalue weighted by atomic mass is 10.1. The summed E-state index contributed by atoms with van der Waals surface area (Å²) in [6, 6.07) is 0. The van der Waals surface area contributed by atoms with Crippen molar-refractivity contribution in [2.24, 2.45) is 11.1 Å². The minimum Gasteiger partial charge on any atom is -0.453 e. The van der Waals surface area contributed by atoms with Crippen LogP contribution in [-0.4, -0.2) is 63.4 Å². The summed E-state index contributed by atoms with van der Waals surface area (Å²) >= 11 is 0. The Morgan fingerprint density at radius 3 is 2.64 bits per heavy atom. The summed E-state index contributed by atoms with van der Waals surface area (Å²) in [7, 11) is 2.91. The SMILES string of the molecule is COC(=O)NCCCCCC(=O)N1CC(CN=O)C(OC)C1. The normalized spacial score (nSPS) is 20.7. The van der Waals surface area contributed by atoms with Crippen LogP contribution in [0.5, 0.6) is 0 Å². The first kappa shape index (κ1) is 18.3. The second kappa shape index (κ2) is 10.1. The molecule has 22 heavy (non-hydrogen) atoms. The third-order valence-corrected chi connectivity index (χ3v) is 3.87. The minimum atomic E-state index is -0.437. The highest BCUT2D eigenvalue weighted by molar-refractivity contribution is 5.76. The zero-order valence-corrected chi connectivity index (χ0v) is 13.2. The Balaban J connectivity index is 2.17. The molecule has 0 saturated carbocycles. The van der Waals surface area contributed by atoms with Gasteiger partial charge in [-0.05, 0) is 12.8 Å². The van der Waals surface area contributed by atoms with E-state index in [4.69, 9.17) is 4.74 Å². The number of amides is 2. The van der Waals surface area contributed by atoms with E-state index in [0.717, 1.165) is 19.3 Å². The fraction of sp³-hybridized carbons (Fsp3) is 0.857. The van der Waals surface area contributed by atoms with E-state index in [1.165, 1.54) is 7.11 Å². The molecule has 1 N–H and O–H groups in total. The van der Waals surface area contributed by atoms with Gasteiger partial charge in [-0.25, -0.2) is 4.79 Å². The van der Waals surface area contributed by atoms with Crippen LogP contribution in [0.2, 0.25) is 0 Å². The Bertz CT molecular complexity index is 377. The highest BCUT2D eigenvalue weighted by Gasteiger charge is 2.35. The maximum absolute atomic E-state index is 12.1. The van der Waals surface area contributed by atoms with Gasteiger partial charge in [0.1, 0.15) is 0 Å². The van der Waals surface area contributed by atoms with Gasteiger partial charge in [0.25, 0.3) is 0 Å². The van der Waals surface area contributed by atoms with E-state index in [1.54, 1.807) is 12.0 Å². The van der Waals surface area contributed by atoms with Crippen LogP contribution in [0.15, 0.2) is 5.18 Å². The van der Waals surface area contributed by atoms with Crippen molar-refractivity contribution in [2.75, 3.05) is 40.4 Å². The molecule has 8 heteroatoms. The fourth-order valence-corrected chi connectivity index (χ4v) is 2.58. The van der Waals surface area contributed by atoms with Crippen molar-refractivity contribution in [3.8, 4) is 0 Å². The van der Waals surface area contributed by atoms with Gasteiger partial charge in [0, 0.05) is 39.1 Å². The maximum atomic E-state index is 12.1. The van der Waals surface area contributed by atoms with Crippen molar-refractivity contribution in [2.45, 2.75) is 31.8 Å². The fourth-order valence-electron chi connectivity index (χ4n) is 2.58. The molecule has 1 aliphatic heterocycles. The second-order valence-corrected chi connectivity index (χ2v) is 5.37. The largest absolute Gasteiger partial charge is 0.453 e. The number of rotatable bonds is 9. The van der Waals surface area contributed by atoms with Crippen LogP contribution >= 0.6 is 0 Å². The molecule has 0 aromatic carbocycles. The van der Waals surface area contributed by atoms with Crippen LogP contribution in [0.1, 0.15) is 25.7 Å². The number of hydrogen-bond acceptors (Lipinski definition) is 6. The summed E-state index contributed by atoms with van der Waals surface area (Å²) in [5, 5.41) is 5.51. The van der Waals surface area contributed by atoms with Gasteiger partial charge in [-0.1, -0.05) is 11.6 Å². The first-order chi connectivity index (χ1) is 10.6. The third kappa shape index (κ3) is 5.97. The zero-order chi connectivity index (χ0) is 16.4. The lowest BCUT2D eigenvalue weighted by Gasteiger charge is -2.15. The Morgan fingerprint density at radius 2 is 2.00 bits per heavy atom. The smallest absolute Gasteiger partial charge is 0.406 e. The molecule has 2 amide bonds. The van der Waals surface area contributed by atoms with Gasteiger partial charge in [0.2, 0.25) is 5.91 Å². The molecular formula is C14H25N3O5. The summed E-state index contributed by atoms with van der Waals surface area (Å²) < 4.78 is 9.76. The molecule has 0 spiro atoms. The molecule has 2 unspecified atom stereocenters. The standard InChI is InChI=1S/C14H25N3O5/c1-21-12-10-17(9-11(12)8-16-20)13(18)6-4-3-5-7-15-14(19)22-2/h11-12H,3-10H2,1-2H3,(H,15,19). The summed E-state index contributed by atoms with van der Waals surface area (Å²) in [4.78, 5) is 35.1. The molecule has 0 radical (unpaired) electrons. The van der Waals surface area contributed by atoms with Crippen LogP contribution in [-0.2, 0) is 14.3 Å². The lowest BCUT2D eigenvalue weighted by molar-refractivity contribution is -0.130. The van der Waals surface area contributed by atoms with Crippen LogP contribution < -0.4 is 5.32 Å². The van der Waals surface area contributed by atoms with Crippen molar-refractivity contribution < 1.29 is 19.1 Å². The van der Waals surface area contributed by atoms with E-state index >= 15 is 0 Å². The molecule has 126 valence electrons. The van der Waals surface area contributed by atoms with Crippen LogP contribution in [0.25, 0.3) is 0 Å². The number of likely N-dealkylation sites (tertiary alicyclic amines) is 1. The van der Waals surface area contributed by atoms with Crippen molar-refractivity contribution in [3.05, 3.63) is 4.91 Å². The molecule has 2 atom stereocenters. The van der Waals surface area contributed by atoms with E-state index in [1.807, 2.05) is 0 Å². The molecule has 1 aliphatic rings. The number of carbonyl (C=O) groups is 2. The minimum absolute atomic E-state index is 0.00398. The maximum Gasteiger partial charge on any atom is 0.406 e. The van der Waals surface area contributed by atoms with Crippen LogP contribution in [0, 0.1) is 10.8 Å². The number of ether oxygens (including phenoxy) is 2. The number of unbranched alkanes of at least 4 members (excludes halogenated alkanes) is 2. The average Bonchev–Trinajstić information content (AvgIpc) is 2.93. The number of nitrogens with zero attached hydrogens (tertiary/aromatic N) is 2. The van der Waals surface area contributed by atoms with Crippen LogP contribution in [0.3, 0.4) is 0 Å². The van der Waals surface area contributed by atoms with Crippen molar-refractivity contribution in [3.63, 3.8) is 0 Å². The summed E-state index contributed by atoms with van der Waals surface area (Å²) in [5.74, 6) is 0.0760. The van der Waals surface area contributed by atoms with Gasteiger partial charge in [0.15, 0.2) is 0 Å². The van der Waals surface area contributed by atoms with Gasteiger partial charge >= 0.3 is 6.09 Å². The molecule has 0 bridgehead atoms. The van der Waals surface area contributed by atoms with Gasteiger partial charge in [-0.3, -0.25) is 4.79 Å². The summed E-state index contributed by atoms with van der Waals surface area (Å²) in [6.45, 7) is 1.79. The van der Waals surface area contributed by atoms with E-state index in [2.05, 4.69) is 15.2 Å². The molecule has 1 saturated heterocycles. The Kier molecular flexibility index (Phi) is 8.42. The molecule has 1 rings (SSSR count). The molecule has 1 heterocycles. The second-order valence-electron chi connectivity index (χ2n) is 5.37. The lowest BCUT2D eigenvalue weighted by Crippen LogP contribution is -2.29. The van der Waals surface area contributed by atoms with Gasteiger partial charge in [-0.15, -0.1) is 0 Å². The quantitative estimate of drug-likeness (QED) is 0.508. The van der Waals surface area contributed by atoms with E-state index < -0.39 is 6.09 Å². The molecular weight excluding hydrogens is 290 g/mol. The molecule has 1 fully saturated rings. The molecule has 0 aliphatic carbocycles. The predicted octanol–water partition coefficient (Wildman–Crippen LogP) is 1.14. The average molecular weight is 315 g/mol. The number of nitrogens with one attached hydrogen (secondary N) is 1. The number of alkyl carbamates (subject to hydrolysis) is 1. The first-order valence-electron chi connectivity index (χ1n) is 7.53. The summed E-state index contributed by atoms with van der Waals surface area (Å²) in [5.41, 5.74) is 0. The third-order valence-electron chi connectivity index (χ3n) is 3.87. The number of hydrogen-bond donors (Lipinski definition) is 1. The summed E-state index contributed by atoms with van der Waals surface area (Å²) in [6.07, 6.45) is 2.36. The Hall–Kier alpha value is -1.70. The Morgan fingerprint density at radius 1 is 1.23 bits per heavy atom. The number of carbonyl (C=O) groups excluding carboxylic acids is 2. The molecule has 0 aromatic rings. The highest BCUT2D eigenvalue weighted by atomic mass is 16.5. The molecule has 8 nitrogen and oxygen atoms in total. The topological polar surface area (TPSA) is 97.3 Å². The van der Waals surface area contributed by atoms with Gasteiger partial charge in [0.05, 0.1) is 19.8 Å². The van der Waals surface area contributed by atoms with E-state index in [9.17, 15) is 14.5 Å². The predicted molar refractivity (Wildman–Crippen MR) is 80.4 cm³/mol. The van der Waals surface area contributed by atoms with E-state index in [0.29, 0.717) is 26.1 Å². The Labute approximate surface area is 130 Å². The van der Waals surface area contributed by atoms with E-state index in [-0.39, 0.29) is 24.5 Å². The highest BCUT2D eigenvalue weighted by Crippen LogP contribution is 2.21. The van der Waals surface area contributed by atoms with Gasteiger partial charge < -0.3 is 19.7 Å². The number of methoxy groups -OCH3 is 2.